The smallest absolute Gasteiger partial charge is 0.255 e. The number of aliphatic imine (C=N–C) groups is 1. The summed E-state index contributed by atoms with van der Waals surface area (Å²) >= 11 is 0. The van der Waals surface area contributed by atoms with E-state index >= 15 is 0 Å². The van der Waals surface area contributed by atoms with Crippen LogP contribution in [-0.4, -0.2) is 72.2 Å². The number of ether oxygens (including phenoxy) is 1. The van der Waals surface area contributed by atoms with Crippen molar-refractivity contribution in [3.8, 4) is 5.75 Å². The van der Waals surface area contributed by atoms with E-state index in [0.29, 0.717) is 43.3 Å². The van der Waals surface area contributed by atoms with E-state index in [1.807, 2.05) is 53.1 Å². The van der Waals surface area contributed by atoms with Crippen LogP contribution in [0.5, 0.6) is 5.75 Å². The number of para-hydroxylation sites is 1. The van der Waals surface area contributed by atoms with Gasteiger partial charge in [-0.25, -0.2) is 0 Å². The fourth-order valence-electron chi connectivity index (χ4n) is 5.04. The van der Waals surface area contributed by atoms with Gasteiger partial charge in [0.1, 0.15) is 5.75 Å². The van der Waals surface area contributed by atoms with E-state index in [1.165, 1.54) is 0 Å². The van der Waals surface area contributed by atoms with Gasteiger partial charge < -0.3 is 26.2 Å². The molecule has 1 saturated heterocycles. The second-order valence-corrected chi connectivity index (χ2v) is 10.9. The van der Waals surface area contributed by atoms with Gasteiger partial charge in [-0.2, -0.15) is 0 Å². The van der Waals surface area contributed by atoms with Crippen LogP contribution < -0.4 is 21.1 Å². The molecule has 1 fully saturated rings. The van der Waals surface area contributed by atoms with Crippen LogP contribution in [-0.2, 0) is 5.41 Å². The molecule has 1 amide bonds. The van der Waals surface area contributed by atoms with Gasteiger partial charge in [0.15, 0.2) is 0 Å². The largest absolute Gasteiger partial charge is 0.492 e. The Morgan fingerprint density at radius 3 is 2.74 bits per heavy atom. The normalized spacial score (nSPS) is 26.9. The van der Waals surface area contributed by atoms with Crippen molar-refractivity contribution in [1.82, 2.24) is 15.5 Å². The van der Waals surface area contributed by atoms with E-state index < -0.39 is 17.7 Å². The van der Waals surface area contributed by atoms with Gasteiger partial charge in [0, 0.05) is 25.1 Å². The molecule has 0 radical (unpaired) electrons. The lowest BCUT2D eigenvalue weighted by Crippen LogP contribution is -2.59. The van der Waals surface area contributed by atoms with Gasteiger partial charge in [-0.15, -0.1) is 0 Å². The highest BCUT2D eigenvalue weighted by molar-refractivity contribution is 5.97. The molecule has 1 aromatic carbocycles. The number of carbonyl (C=O) groups excluding carboxylic acids is 1. The SMILES string of the molecule is CCC(N)=NC(CNC=C(C)C)C1(C)C(O)C(NC(=O)c2cccc3c2OCCC3(C)C)CN1C. The first-order valence-electron chi connectivity index (χ1n) is 12.6. The predicted octanol–water partition coefficient (Wildman–Crippen LogP) is 2.56. The summed E-state index contributed by atoms with van der Waals surface area (Å²) in [5.74, 6) is 0.949. The van der Waals surface area contributed by atoms with Crippen molar-refractivity contribution in [3.05, 3.63) is 41.1 Å². The van der Waals surface area contributed by atoms with Crippen molar-refractivity contribution in [2.45, 2.75) is 83.5 Å². The van der Waals surface area contributed by atoms with Crippen LogP contribution in [0.4, 0.5) is 0 Å². The number of hydrogen-bond donors (Lipinski definition) is 4. The summed E-state index contributed by atoms with van der Waals surface area (Å²) in [6.07, 6.45) is 2.62. The Labute approximate surface area is 210 Å². The summed E-state index contributed by atoms with van der Waals surface area (Å²) in [7, 11) is 1.96. The lowest BCUT2D eigenvalue weighted by molar-refractivity contribution is 0.0272. The first-order chi connectivity index (χ1) is 16.4. The van der Waals surface area contributed by atoms with Crippen molar-refractivity contribution in [1.29, 1.82) is 0 Å². The number of rotatable bonds is 8. The third kappa shape index (κ3) is 5.48. The average Bonchev–Trinajstić information content (AvgIpc) is 3.01. The van der Waals surface area contributed by atoms with Crippen LogP contribution in [0.1, 0.15) is 70.3 Å². The standard InChI is InChI=1S/C27H43N5O3/c1-8-22(28)31-21(15-29-14-17(2)3)27(6)24(33)20(16-32(27)7)30-25(34)18-10-9-11-19-23(18)35-13-12-26(19,4)5/h9-11,14,20-21,24,29,33H,8,12-13,15-16H2,1-7H3,(H2,28,31)(H,30,34). The first-order valence-corrected chi connectivity index (χ1v) is 12.6. The topological polar surface area (TPSA) is 112 Å². The van der Waals surface area contributed by atoms with Gasteiger partial charge in [0.25, 0.3) is 5.91 Å². The zero-order chi connectivity index (χ0) is 26.0. The maximum atomic E-state index is 13.4. The number of carbonyl (C=O) groups is 1. The Balaban J connectivity index is 1.85. The molecule has 8 heteroatoms. The molecule has 0 bridgehead atoms. The van der Waals surface area contributed by atoms with E-state index in [2.05, 4.69) is 29.4 Å². The Morgan fingerprint density at radius 1 is 1.37 bits per heavy atom. The Morgan fingerprint density at radius 2 is 2.09 bits per heavy atom. The van der Waals surface area contributed by atoms with Crippen molar-refractivity contribution < 1.29 is 14.6 Å². The van der Waals surface area contributed by atoms with Crippen LogP contribution in [0.2, 0.25) is 0 Å². The van der Waals surface area contributed by atoms with Crippen LogP contribution in [0.3, 0.4) is 0 Å². The number of nitrogens with one attached hydrogen (secondary N) is 2. The molecule has 8 nitrogen and oxygen atoms in total. The maximum Gasteiger partial charge on any atom is 0.255 e. The van der Waals surface area contributed by atoms with Crippen LogP contribution in [0.25, 0.3) is 0 Å². The van der Waals surface area contributed by atoms with E-state index in [0.717, 1.165) is 17.6 Å². The fraction of sp³-hybridized carbons (Fsp3) is 0.630. The number of aliphatic hydroxyl groups excluding tert-OH is 1. The molecule has 0 spiro atoms. The summed E-state index contributed by atoms with van der Waals surface area (Å²) in [5.41, 5.74) is 8.03. The highest BCUT2D eigenvalue weighted by Crippen LogP contribution is 2.40. The summed E-state index contributed by atoms with van der Waals surface area (Å²) in [4.78, 5) is 20.2. The van der Waals surface area contributed by atoms with E-state index in [-0.39, 0.29) is 17.4 Å². The molecule has 0 saturated carbocycles. The van der Waals surface area contributed by atoms with Gasteiger partial charge in [0.2, 0.25) is 0 Å². The number of amides is 1. The van der Waals surface area contributed by atoms with Crippen LogP contribution in [0, 0.1) is 0 Å². The third-order valence-corrected chi connectivity index (χ3v) is 7.61. The lowest BCUT2D eigenvalue weighted by Gasteiger charge is -2.40. The molecule has 0 aromatic heterocycles. The highest BCUT2D eigenvalue weighted by Gasteiger charge is 2.53. The van der Waals surface area contributed by atoms with Crippen LogP contribution in [0.15, 0.2) is 35.0 Å². The molecule has 4 atom stereocenters. The molecular weight excluding hydrogens is 442 g/mol. The van der Waals surface area contributed by atoms with Gasteiger partial charge >= 0.3 is 0 Å². The summed E-state index contributed by atoms with van der Waals surface area (Å²) in [5, 5.41) is 17.9. The lowest BCUT2D eigenvalue weighted by atomic mass is 9.79. The number of allylic oxidation sites excluding steroid dienone is 1. The number of aliphatic hydroxyl groups is 1. The van der Waals surface area contributed by atoms with Gasteiger partial charge in [-0.3, -0.25) is 14.7 Å². The average molecular weight is 486 g/mol. The predicted molar refractivity (Wildman–Crippen MR) is 141 cm³/mol. The van der Waals surface area contributed by atoms with Crippen molar-refractivity contribution >= 4 is 11.7 Å². The minimum atomic E-state index is -0.847. The second kappa shape index (κ2) is 10.6. The molecule has 3 rings (SSSR count). The number of likely N-dealkylation sites (tertiary alicyclic amines) is 1. The first kappa shape index (κ1) is 27.0. The molecular formula is C27H43N5O3. The summed E-state index contributed by atoms with van der Waals surface area (Å²) in [6, 6.07) is 4.94. The van der Waals surface area contributed by atoms with Gasteiger partial charge in [0.05, 0.1) is 41.7 Å². The monoisotopic (exact) mass is 485 g/mol. The van der Waals surface area contributed by atoms with Gasteiger partial charge in [-0.1, -0.05) is 38.5 Å². The molecule has 4 unspecified atom stereocenters. The fourth-order valence-corrected chi connectivity index (χ4v) is 5.04. The summed E-state index contributed by atoms with van der Waals surface area (Å²) in [6.45, 7) is 13.9. The number of benzene rings is 1. The number of nitrogens with zero attached hydrogens (tertiary/aromatic N) is 2. The molecule has 35 heavy (non-hydrogen) atoms. The Bertz CT molecular complexity index is 985. The quantitative estimate of drug-likeness (QED) is 0.333. The minimum Gasteiger partial charge on any atom is -0.492 e. The van der Waals surface area contributed by atoms with Crippen molar-refractivity contribution in [3.63, 3.8) is 0 Å². The number of fused-ring (bicyclic) bond motifs is 1. The highest BCUT2D eigenvalue weighted by atomic mass is 16.5. The summed E-state index contributed by atoms with van der Waals surface area (Å²) < 4.78 is 5.94. The number of amidine groups is 1. The third-order valence-electron chi connectivity index (χ3n) is 7.61. The van der Waals surface area contributed by atoms with Crippen LogP contribution >= 0.6 is 0 Å². The Kier molecular flexibility index (Phi) is 8.17. The Hall–Kier alpha value is -2.58. The second-order valence-electron chi connectivity index (χ2n) is 10.9. The van der Waals surface area contributed by atoms with E-state index in [9.17, 15) is 9.90 Å². The van der Waals surface area contributed by atoms with Gasteiger partial charge in [-0.05, 0) is 51.9 Å². The molecule has 0 aliphatic carbocycles. The van der Waals surface area contributed by atoms with E-state index in [4.69, 9.17) is 15.5 Å². The molecule has 194 valence electrons. The molecule has 2 heterocycles. The molecule has 2 aliphatic rings. The number of nitrogens with two attached hydrogens (primary N) is 1. The maximum absolute atomic E-state index is 13.4. The molecule has 2 aliphatic heterocycles. The van der Waals surface area contributed by atoms with Crippen molar-refractivity contribution in [2.75, 3.05) is 26.7 Å². The van der Waals surface area contributed by atoms with E-state index in [1.54, 1.807) is 6.07 Å². The molecule has 5 N–H and O–H groups in total. The zero-order valence-electron chi connectivity index (χ0n) is 22.3. The zero-order valence-corrected chi connectivity index (χ0v) is 22.3. The number of hydrogen-bond acceptors (Lipinski definition) is 6. The minimum absolute atomic E-state index is 0.0573. The molecule has 1 aromatic rings. The number of likely N-dealkylation sites (N-methyl/N-ethyl adjacent to an activating group) is 1. The van der Waals surface area contributed by atoms with Crippen molar-refractivity contribution in [2.24, 2.45) is 10.7 Å².